The molecule has 0 heterocycles. The predicted octanol–water partition coefficient (Wildman–Crippen LogP) is 4.41. The topological polar surface area (TPSA) is 67.4 Å². The third-order valence-electron chi connectivity index (χ3n) is 3.39. The molecule has 2 amide bonds. The number of rotatable bonds is 3. The van der Waals surface area contributed by atoms with Crippen LogP contribution < -0.4 is 15.4 Å². The Morgan fingerprint density at radius 1 is 0.875 bits per heavy atom. The predicted molar refractivity (Wildman–Crippen MR) is 94.3 cm³/mol. The van der Waals surface area contributed by atoms with E-state index in [1.165, 1.54) is 6.92 Å². The molecule has 5 nitrogen and oxygen atoms in total. The summed E-state index contributed by atoms with van der Waals surface area (Å²) in [6, 6.07) is 19.8. The van der Waals surface area contributed by atoms with E-state index in [1.54, 1.807) is 24.3 Å². The Kier molecular flexibility index (Phi) is 4.43. The van der Waals surface area contributed by atoms with Crippen molar-refractivity contribution in [2.75, 3.05) is 10.6 Å². The first-order chi connectivity index (χ1) is 11.6. The van der Waals surface area contributed by atoms with E-state index in [2.05, 4.69) is 10.6 Å². The second-order valence-electron chi connectivity index (χ2n) is 5.23. The molecule has 0 bridgehead atoms. The van der Waals surface area contributed by atoms with Gasteiger partial charge in [-0.25, -0.2) is 4.79 Å². The molecule has 3 rings (SSSR count). The smallest absolute Gasteiger partial charge is 0.323 e. The van der Waals surface area contributed by atoms with Crippen LogP contribution in [-0.4, -0.2) is 12.0 Å². The zero-order valence-corrected chi connectivity index (χ0v) is 13.1. The van der Waals surface area contributed by atoms with E-state index < -0.39 is 5.97 Å². The lowest BCUT2D eigenvalue weighted by Crippen LogP contribution is -2.19. The molecule has 3 aromatic rings. The van der Waals surface area contributed by atoms with E-state index in [0.717, 1.165) is 16.5 Å². The lowest BCUT2D eigenvalue weighted by Gasteiger charge is -2.11. The number of esters is 1. The van der Waals surface area contributed by atoms with Crippen LogP contribution in [0.4, 0.5) is 16.2 Å². The minimum Gasteiger partial charge on any atom is -0.427 e. The highest BCUT2D eigenvalue weighted by atomic mass is 16.5. The number of carbonyl (C=O) groups excluding carboxylic acids is 2. The summed E-state index contributed by atoms with van der Waals surface area (Å²) < 4.78 is 5.00. The number of amides is 2. The van der Waals surface area contributed by atoms with E-state index in [0.29, 0.717) is 11.4 Å². The van der Waals surface area contributed by atoms with Crippen molar-refractivity contribution in [2.24, 2.45) is 0 Å². The van der Waals surface area contributed by atoms with Crippen LogP contribution in [0.15, 0.2) is 66.7 Å². The van der Waals surface area contributed by atoms with Crippen LogP contribution >= 0.6 is 0 Å². The van der Waals surface area contributed by atoms with Crippen LogP contribution in [0.2, 0.25) is 0 Å². The molecule has 0 aliphatic carbocycles. The quantitative estimate of drug-likeness (QED) is 0.555. The molecular weight excluding hydrogens is 304 g/mol. The van der Waals surface area contributed by atoms with E-state index in [-0.39, 0.29) is 6.03 Å². The fraction of sp³-hybridized carbons (Fsp3) is 0.0526. The molecule has 24 heavy (non-hydrogen) atoms. The average molecular weight is 320 g/mol. The lowest BCUT2D eigenvalue weighted by molar-refractivity contribution is -0.131. The molecular formula is C19H16N2O3. The van der Waals surface area contributed by atoms with Gasteiger partial charge in [-0.05, 0) is 23.6 Å². The monoisotopic (exact) mass is 320 g/mol. The van der Waals surface area contributed by atoms with Gasteiger partial charge in [-0.1, -0.05) is 42.5 Å². The number of anilines is 2. The summed E-state index contributed by atoms with van der Waals surface area (Å²) in [4.78, 5) is 23.2. The molecule has 0 spiro atoms. The Labute approximate surface area is 139 Å². The van der Waals surface area contributed by atoms with Gasteiger partial charge >= 0.3 is 12.0 Å². The molecule has 0 atom stereocenters. The van der Waals surface area contributed by atoms with E-state index in [4.69, 9.17) is 4.74 Å². The van der Waals surface area contributed by atoms with Gasteiger partial charge in [-0.2, -0.15) is 0 Å². The van der Waals surface area contributed by atoms with Crippen LogP contribution in [0, 0.1) is 0 Å². The Balaban J connectivity index is 1.75. The molecule has 0 aliphatic rings. The van der Waals surface area contributed by atoms with Crippen molar-refractivity contribution in [3.63, 3.8) is 0 Å². The van der Waals surface area contributed by atoms with Crippen molar-refractivity contribution in [1.82, 2.24) is 0 Å². The van der Waals surface area contributed by atoms with Crippen molar-refractivity contribution >= 4 is 34.1 Å². The van der Waals surface area contributed by atoms with Crippen LogP contribution in [0.25, 0.3) is 10.8 Å². The molecule has 0 saturated heterocycles. The number of hydrogen-bond acceptors (Lipinski definition) is 3. The molecule has 120 valence electrons. The molecule has 0 saturated carbocycles. The summed E-state index contributed by atoms with van der Waals surface area (Å²) in [5, 5.41) is 7.57. The molecule has 0 aromatic heterocycles. The molecule has 0 unspecified atom stereocenters. The first kappa shape index (κ1) is 15.6. The second kappa shape index (κ2) is 6.83. The zero-order chi connectivity index (χ0) is 16.9. The maximum Gasteiger partial charge on any atom is 0.323 e. The van der Waals surface area contributed by atoms with E-state index in [9.17, 15) is 9.59 Å². The molecule has 3 aromatic carbocycles. The minimum absolute atomic E-state index is 0.369. The number of ether oxygens (including phenoxy) is 1. The van der Waals surface area contributed by atoms with Crippen LogP contribution in [-0.2, 0) is 4.79 Å². The standard InChI is InChI=1S/C19H16N2O3/c1-13(22)24-16-9-5-8-15(12-16)20-19(23)21-18-11-4-7-14-6-2-3-10-17(14)18/h2-12H,1H3,(H2,20,21,23). The highest BCUT2D eigenvalue weighted by Crippen LogP contribution is 2.23. The summed E-state index contributed by atoms with van der Waals surface area (Å²) in [5.74, 6) is -0.0298. The summed E-state index contributed by atoms with van der Waals surface area (Å²) in [6.07, 6.45) is 0. The first-order valence-corrected chi connectivity index (χ1v) is 7.46. The van der Waals surface area contributed by atoms with Crippen LogP contribution in [0.1, 0.15) is 6.92 Å². The molecule has 0 radical (unpaired) electrons. The maximum atomic E-state index is 12.2. The van der Waals surface area contributed by atoms with Crippen molar-refractivity contribution in [3.8, 4) is 5.75 Å². The normalized spacial score (nSPS) is 10.2. The maximum absolute atomic E-state index is 12.2. The molecule has 0 fully saturated rings. The third-order valence-corrected chi connectivity index (χ3v) is 3.39. The van der Waals surface area contributed by atoms with Gasteiger partial charge in [0.2, 0.25) is 0 Å². The second-order valence-corrected chi connectivity index (χ2v) is 5.23. The Bertz CT molecular complexity index is 901. The van der Waals surface area contributed by atoms with Crippen LogP contribution in [0.5, 0.6) is 5.75 Å². The third kappa shape index (κ3) is 3.70. The number of urea groups is 1. The summed E-state index contributed by atoms with van der Waals surface area (Å²) in [7, 11) is 0. The molecule has 5 heteroatoms. The molecule has 0 aliphatic heterocycles. The summed E-state index contributed by atoms with van der Waals surface area (Å²) >= 11 is 0. The van der Waals surface area contributed by atoms with Gasteiger partial charge < -0.3 is 15.4 Å². The van der Waals surface area contributed by atoms with Crippen molar-refractivity contribution in [3.05, 3.63) is 66.7 Å². The fourth-order valence-corrected chi connectivity index (χ4v) is 2.42. The van der Waals surface area contributed by atoms with Crippen molar-refractivity contribution in [1.29, 1.82) is 0 Å². The van der Waals surface area contributed by atoms with Gasteiger partial charge in [-0.15, -0.1) is 0 Å². The fourth-order valence-electron chi connectivity index (χ4n) is 2.42. The Hall–Kier alpha value is -3.34. The number of benzene rings is 3. The van der Waals surface area contributed by atoms with Crippen molar-refractivity contribution < 1.29 is 14.3 Å². The highest BCUT2D eigenvalue weighted by molar-refractivity contribution is 6.06. The number of hydrogen-bond donors (Lipinski definition) is 2. The van der Waals surface area contributed by atoms with Gasteiger partial charge in [0.15, 0.2) is 0 Å². The lowest BCUT2D eigenvalue weighted by atomic mass is 10.1. The number of nitrogens with one attached hydrogen (secondary N) is 2. The minimum atomic E-state index is -0.410. The van der Waals surface area contributed by atoms with Gasteiger partial charge in [0, 0.05) is 24.1 Å². The van der Waals surface area contributed by atoms with Gasteiger partial charge in [0.1, 0.15) is 5.75 Å². The van der Waals surface area contributed by atoms with Crippen LogP contribution in [0.3, 0.4) is 0 Å². The van der Waals surface area contributed by atoms with Gasteiger partial charge in [-0.3, -0.25) is 4.79 Å². The molecule has 2 N–H and O–H groups in total. The zero-order valence-electron chi connectivity index (χ0n) is 13.1. The largest absolute Gasteiger partial charge is 0.427 e. The van der Waals surface area contributed by atoms with Crippen molar-refractivity contribution in [2.45, 2.75) is 6.92 Å². The Morgan fingerprint density at radius 2 is 1.62 bits per heavy atom. The van der Waals surface area contributed by atoms with E-state index >= 15 is 0 Å². The number of fused-ring (bicyclic) bond motifs is 1. The Morgan fingerprint density at radius 3 is 2.46 bits per heavy atom. The average Bonchev–Trinajstić information content (AvgIpc) is 2.55. The highest BCUT2D eigenvalue weighted by Gasteiger charge is 2.07. The first-order valence-electron chi connectivity index (χ1n) is 7.46. The summed E-state index contributed by atoms with van der Waals surface area (Å²) in [6.45, 7) is 1.33. The number of carbonyl (C=O) groups is 2. The van der Waals surface area contributed by atoms with Gasteiger partial charge in [0.25, 0.3) is 0 Å². The van der Waals surface area contributed by atoms with Gasteiger partial charge in [0.05, 0.1) is 5.69 Å². The SMILES string of the molecule is CC(=O)Oc1cccc(NC(=O)Nc2cccc3ccccc23)c1. The summed E-state index contributed by atoms with van der Waals surface area (Å²) in [5.41, 5.74) is 1.26. The van der Waals surface area contributed by atoms with E-state index in [1.807, 2.05) is 42.5 Å².